The molecule has 1 aliphatic heterocycles. The second-order valence-corrected chi connectivity index (χ2v) is 5.63. The van der Waals surface area contributed by atoms with Gasteiger partial charge in [-0.05, 0) is 31.4 Å². The molecule has 0 aliphatic carbocycles. The van der Waals surface area contributed by atoms with E-state index >= 15 is 0 Å². The first-order valence-electron chi connectivity index (χ1n) is 6.89. The number of benzene rings is 1. The third-order valence-corrected chi connectivity index (χ3v) is 4.12. The highest BCUT2D eigenvalue weighted by Gasteiger charge is 2.43. The zero-order valence-electron chi connectivity index (χ0n) is 12.0. The van der Waals surface area contributed by atoms with E-state index in [2.05, 4.69) is 0 Å². The van der Waals surface area contributed by atoms with Crippen LogP contribution in [0.3, 0.4) is 0 Å². The van der Waals surface area contributed by atoms with E-state index in [1.54, 1.807) is 6.92 Å². The van der Waals surface area contributed by atoms with Crippen molar-refractivity contribution in [3.8, 4) is 0 Å². The van der Waals surface area contributed by atoms with Crippen LogP contribution in [0.4, 0.5) is 13.2 Å². The maximum Gasteiger partial charge on any atom is 0.406 e. The number of nitrogens with two attached hydrogens (primary N) is 1. The fourth-order valence-electron chi connectivity index (χ4n) is 3.01. The Balaban J connectivity index is 2.32. The smallest absolute Gasteiger partial charge is 0.329 e. The first kappa shape index (κ1) is 15.8. The highest BCUT2D eigenvalue weighted by molar-refractivity contribution is 5.83. The minimum atomic E-state index is -4.42. The molecule has 0 aromatic heterocycles. The Morgan fingerprint density at radius 2 is 1.95 bits per heavy atom. The van der Waals surface area contributed by atoms with Gasteiger partial charge in [-0.25, -0.2) is 0 Å². The number of carbonyl (C=O) groups is 1. The van der Waals surface area contributed by atoms with Crippen molar-refractivity contribution < 1.29 is 18.0 Å². The number of piperidine rings is 1. The van der Waals surface area contributed by atoms with E-state index in [1.165, 1.54) is 0 Å². The Morgan fingerprint density at radius 1 is 1.33 bits per heavy atom. The number of hydrogen-bond acceptors (Lipinski definition) is 2. The van der Waals surface area contributed by atoms with Crippen molar-refractivity contribution in [2.75, 3.05) is 6.54 Å². The molecule has 1 aromatic rings. The molecule has 1 heterocycles. The summed E-state index contributed by atoms with van der Waals surface area (Å²) in [6.07, 6.45) is -4.05. The molecule has 116 valence electrons. The highest BCUT2D eigenvalue weighted by atomic mass is 19.4. The second kappa shape index (κ2) is 5.67. The molecular formula is C15H19F3N2O. The molecule has 1 aromatic carbocycles. The van der Waals surface area contributed by atoms with Crippen LogP contribution in [-0.4, -0.2) is 35.6 Å². The van der Waals surface area contributed by atoms with Crippen LogP contribution >= 0.6 is 0 Å². The van der Waals surface area contributed by atoms with Gasteiger partial charge in [0.2, 0.25) is 5.91 Å². The van der Waals surface area contributed by atoms with Crippen LogP contribution in [0.25, 0.3) is 0 Å². The third kappa shape index (κ3) is 3.37. The zero-order valence-corrected chi connectivity index (χ0v) is 12.0. The van der Waals surface area contributed by atoms with Gasteiger partial charge < -0.3 is 10.6 Å². The van der Waals surface area contributed by atoms with E-state index in [0.29, 0.717) is 6.42 Å². The van der Waals surface area contributed by atoms with Crippen LogP contribution < -0.4 is 5.73 Å². The summed E-state index contributed by atoms with van der Waals surface area (Å²) in [4.78, 5) is 12.8. The van der Waals surface area contributed by atoms with Gasteiger partial charge in [0.1, 0.15) is 6.54 Å². The lowest BCUT2D eigenvalue weighted by molar-refractivity contribution is -0.170. The molecule has 1 unspecified atom stereocenters. The van der Waals surface area contributed by atoms with Crippen molar-refractivity contribution in [2.45, 2.75) is 44.4 Å². The van der Waals surface area contributed by atoms with Crippen LogP contribution in [0.15, 0.2) is 24.3 Å². The third-order valence-electron chi connectivity index (χ3n) is 4.12. The van der Waals surface area contributed by atoms with Crippen molar-refractivity contribution >= 4 is 5.91 Å². The average molecular weight is 300 g/mol. The molecule has 3 nitrogen and oxygen atoms in total. The van der Waals surface area contributed by atoms with E-state index < -0.39 is 30.7 Å². The van der Waals surface area contributed by atoms with Crippen LogP contribution in [0.5, 0.6) is 0 Å². The molecule has 1 amide bonds. The number of rotatable bonds is 2. The van der Waals surface area contributed by atoms with Crippen molar-refractivity contribution in [2.24, 2.45) is 5.73 Å². The van der Waals surface area contributed by atoms with E-state index in [-0.39, 0.29) is 5.92 Å². The van der Waals surface area contributed by atoms with Gasteiger partial charge >= 0.3 is 6.18 Å². The van der Waals surface area contributed by atoms with Gasteiger partial charge in [-0.1, -0.05) is 24.3 Å². The molecule has 2 rings (SSSR count). The summed E-state index contributed by atoms with van der Waals surface area (Å²) in [5.74, 6) is -0.800. The van der Waals surface area contributed by atoms with Gasteiger partial charge in [-0.15, -0.1) is 0 Å². The van der Waals surface area contributed by atoms with Gasteiger partial charge in [0.05, 0.1) is 6.04 Å². The molecule has 1 aliphatic rings. The van der Waals surface area contributed by atoms with Crippen LogP contribution in [0, 0.1) is 6.92 Å². The number of aryl methyl sites for hydroxylation is 1. The molecule has 2 N–H and O–H groups in total. The number of amides is 1. The predicted octanol–water partition coefficient (Wildman–Crippen LogP) is 2.59. The maximum absolute atomic E-state index is 12.7. The molecule has 6 heteroatoms. The minimum Gasteiger partial charge on any atom is -0.329 e. The summed E-state index contributed by atoms with van der Waals surface area (Å²) in [5.41, 5.74) is 7.73. The molecule has 1 saturated heterocycles. The first-order valence-corrected chi connectivity index (χ1v) is 6.89. The second-order valence-electron chi connectivity index (χ2n) is 5.63. The lowest BCUT2D eigenvalue weighted by Crippen LogP contribution is -2.57. The largest absolute Gasteiger partial charge is 0.406 e. The number of nitrogens with zero attached hydrogens (tertiary/aromatic N) is 1. The van der Waals surface area contributed by atoms with Crippen molar-refractivity contribution in [3.05, 3.63) is 35.4 Å². The van der Waals surface area contributed by atoms with Gasteiger partial charge in [0.15, 0.2) is 0 Å². The lowest BCUT2D eigenvalue weighted by Gasteiger charge is -2.42. The normalized spacial score (nSPS) is 27.0. The lowest BCUT2D eigenvalue weighted by atomic mass is 9.80. The Bertz CT molecular complexity index is 530. The summed E-state index contributed by atoms with van der Waals surface area (Å²) < 4.78 is 38.1. The molecule has 0 saturated carbocycles. The van der Waals surface area contributed by atoms with Gasteiger partial charge in [0, 0.05) is 12.0 Å². The van der Waals surface area contributed by atoms with E-state index in [1.807, 2.05) is 31.2 Å². The molecule has 3 atom stereocenters. The monoisotopic (exact) mass is 300 g/mol. The summed E-state index contributed by atoms with van der Waals surface area (Å²) in [6.45, 7) is 2.33. The molecular weight excluding hydrogens is 281 g/mol. The summed E-state index contributed by atoms with van der Waals surface area (Å²) >= 11 is 0. The maximum atomic E-state index is 12.7. The summed E-state index contributed by atoms with van der Waals surface area (Å²) in [5, 5.41) is 0. The summed E-state index contributed by atoms with van der Waals surface area (Å²) in [6, 6.07) is 6.13. The standard InChI is InChI=1S/C15H19F3N2O/c1-9-5-3-4-6-11(9)12-7-13(19)14(21)20(10(12)2)8-15(16,17)18/h3-6,10,12-13H,7-8,19H2,1-2H3/t10-,12-,13?/m1/s1. The molecule has 0 bridgehead atoms. The Hall–Kier alpha value is -1.56. The molecule has 0 spiro atoms. The number of hydrogen-bond donors (Lipinski definition) is 1. The van der Waals surface area contributed by atoms with Crippen LogP contribution in [-0.2, 0) is 4.79 Å². The quantitative estimate of drug-likeness (QED) is 0.912. The van der Waals surface area contributed by atoms with Gasteiger partial charge in [-0.3, -0.25) is 4.79 Å². The average Bonchev–Trinajstić information content (AvgIpc) is 2.39. The van der Waals surface area contributed by atoms with Crippen LogP contribution in [0.1, 0.15) is 30.4 Å². The Labute approximate surface area is 121 Å². The predicted molar refractivity (Wildman–Crippen MR) is 73.7 cm³/mol. The fraction of sp³-hybridized carbons (Fsp3) is 0.533. The number of alkyl halides is 3. The number of halogens is 3. The topological polar surface area (TPSA) is 46.3 Å². The van der Waals surface area contributed by atoms with Crippen molar-refractivity contribution in [3.63, 3.8) is 0 Å². The first-order chi connectivity index (χ1) is 9.70. The molecule has 0 radical (unpaired) electrons. The van der Waals surface area contributed by atoms with E-state index in [4.69, 9.17) is 5.73 Å². The zero-order chi connectivity index (χ0) is 15.8. The highest BCUT2D eigenvalue weighted by Crippen LogP contribution is 2.35. The number of carbonyl (C=O) groups excluding carboxylic acids is 1. The van der Waals surface area contributed by atoms with Gasteiger partial charge in [-0.2, -0.15) is 13.2 Å². The summed E-state index contributed by atoms with van der Waals surface area (Å²) in [7, 11) is 0. The fourth-order valence-corrected chi connectivity index (χ4v) is 3.01. The van der Waals surface area contributed by atoms with Gasteiger partial charge in [0.25, 0.3) is 0 Å². The van der Waals surface area contributed by atoms with Crippen molar-refractivity contribution in [1.82, 2.24) is 4.90 Å². The molecule has 1 fully saturated rings. The SMILES string of the molecule is Cc1ccccc1[C@@H]1CC(N)C(=O)N(CC(F)(F)F)[C@@H]1C. The number of likely N-dealkylation sites (tertiary alicyclic amines) is 1. The molecule has 21 heavy (non-hydrogen) atoms. The minimum absolute atomic E-state index is 0.179. The van der Waals surface area contributed by atoms with Crippen molar-refractivity contribution in [1.29, 1.82) is 0 Å². The Morgan fingerprint density at radius 3 is 2.52 bits per heavy atom. The van der Waals surface area contributed by atoms with E-state index in [0.717, 1.165) is 16.0 Å². The Kier molecular flexibility index (Phi) is 4.27. The van der Waals surface area contributed by atoms with Crippen LogP contribution in [0.2, 0.25) is 0 Å². The van der Waals surface area contributed by atoms with E-state index in [9.17, 15) is 18.0 Å².